The summed E-state index contributed by atoms with van der Waals surface area (Å²) in [7, 11) is 0. The molecule has 0 radical (unpaired) electrons. The predicted molar refractivity (Wildman–Crippen MR) is 125 cm³/mol. The lowest BCUT2D eigenvalue weighted by Crippen LogP contribution is -2.67. The number of hydrogen-bond donors (Lipinski definition) is 2. The number of piperidine rings is 1. The Morgan fingerprint density at radius 2 is 1.91 bits per heavy atom. The smallest absolute Gasteiger partial charge is 0.346 e. The van der Waals surface area contributed by atoms with Crippen molar-refractivity contribution in [3.63, 3.8) is 0 Å². The third-order valence-electron chi connectivity index (χ3n) is 6.07. The SMILES string of the molecule is C#Cc1c(F)ccc2cc(OC=O)cc(-c3ncccnc(=O)[nH]c(N4CC5CC(C4)N5)c3F)c12. The molecular formula is C25H19F2N5O3. The fourth-order valence-electron chi connectivity index (χ4n) is 4.59. The molecule has 2 unspecified atom stereocenters. The molecule has 3 aromatic rings. The number of terminal acetylenes is 1. The topological polar surface area (TPSA) is 100 Å². The number of ether oxygens (including phenoxy) is 1. The summed E-state index contributed by atoms with van der Waals surface area (Å²) in [6.45, 7) is 1.16. The van der Waals surface area contributed by atoms with Crippen molar-refractivity contribution in [2.45, 2.75) is 18.5 Å². The number of H-pyrrole nitrogens is 1. The van der Waals surface area contributed by atoms with Gasteiger partial charge in [0.15, 0.2) is 5.82 Å². The van der Waals surface area contributed by atoms with Crippen molar-refractivity contribution in [2.75, 3.05) is 18.0 Å². The van der Waals surface area contributed by atoms with Gasteiger partial charge in [-0.3, -0.25) is 14.8 Å². The molecule has 2 atom stereocenters. The van der Waals surface area contributed by atoms with Gasteiger partial charge in [-0.25, -0.2) is 18.6 Å². The first-order valence-electron chi connectivity index (χ1n) is 10.8. The largest absolute Gasteiger partial charge is 0.429 e. The number of anilines is 1. The molecule has 3 fully saturated rings. The fourth-order valence-corrected chi connectivity index (χ4v) is 4.59. The van der Waals surface area contributed by atoms with Crippen molar-refractivity contribution in [1.82, 2.24) is 20.3 Å². The number of halogens is 2. The van der Waals surface area contributed by atoms with Crippen molar-refractivity contribution in [3.05, 3.63) is 70.4 Å². The first-order valence-corrected chi connectivity index (χ1v) is 10.8. The van der Waals surface area contributed by atoms with Crippen LogP contribution in [0.15, 0.2) is 47.5 Å². The van der Waals surface area contributed by atoms with Gasteiger partial charge in [-0.2, -0.15) is 0 Å². The van der Waals surface area contributed by atoms with Crippen LogP contribution in [0.3, 0.4) is 0 Å². The first kappa shape index (κ1) is 22.4. The highest BCUT2D eigenvalue weighted by Gasteiger charge is 2.37. The van der Waals surface area contributed by atoms with E-state index in [1.807, 2.05) is 0 Å². The van der Waals surface area contributed by atoms with Crippen LogP contribution in [-0.2, 0) is 4.79 Å². The number of piperazine rings is 1. The van der Waals surface area contributed by atoms with E-state index in [0.717, 1.165) is 6.42 Å². The van der Waals surface area contributed by atoms with Gasteiger partial charge in [0.25, 0.3) is 6.47 Å². The Morgan fingerprint density at radius 3 is 2.63 bits per heavy atom. The zero-order valence-electron chi connectivity index (χ0n) is 18.3. The van der Waals surface area contributed by atoms with Crippen molar-refractivity contribution < 1.29 is 18.3 Å². The van der Waals surface area contributed by atoms with Gasteiger partial charge in [0, 0.05) is 48.5 Å². The van der Waals surface area contributed by atoms with Gasteiger partial charge in [-0.15, -0.1) is 6.42 Å². The third kappa shape index (κ3) is 4.18. The summed E-state index contributed by atoms with van der Waals surface area (Å²) in [6, 6.07) is 7.17. The summed E-state index contributed by atoms with van der Waals surface area (Å²) < 4.78 is 36.0. The molecule has 6 rings (SSSR count). The number of nitrogens with zero attached hydrogens (tertiary/aromatic N) is 3. The molecule has 1 aromatic heterocycles. The summed E-state index contributed by atoms with van der Waals surface area (Å²) >= 11 is 0. The summed E-state index contributed by atoms with van der Waals surface area (Å²) in [6.07, 6.45) is 9.05. The molecule has 0 aliphatic carbocycles. The van der Waals surface area contributed by atoms with Gasteiger partial charge in [0.2, 0.25) is 0 Å². The number of rotatable bonds is 4. The monoisotopic (exact) mass is 475 g/mol. The predicted octanol–water partition coefficient (Wildman–Crippen LogP) is 2.45. The second-order valence-corrected chi connectivity index (χ2v) is 8.24. The molecule has 0 amide bonds. The van der Waals surface area contributed by atoms with Crippen LogP contribution in [0.5, 0.6) is 5.75 Å². The lowest BCUT2D eigenvalue weighted by molar-refractivity contribution is -0.120. The molecule has 3 aliphatic rings. The molecule has 0 spiro atoms. The maximum Gasteiger partial charge on any atom is 0.346 e. The Bertz CT molecular complexity index is 1480. The average molecular weight is 475 g/mol. The van der Waals surface area contributed by atoms with Crippen LogP contribution < -0.4 is 20.6 Å². The maximum atomic E-state index is 16.4. The lowest BCUT2D eigenvalue weighted by atomic mass is 9.91. The molecule has 4 heterocycles. The van der Waals surface area contributed by atoms with E-state index in [2.05, 4.69) is 26.2 Å². The number of hydrogen-bond acceptors (Lipinski definition) is 7. The molecule has 8 nitrogen and oxygen atoms in total. The van der Waals surface area contributed by atoms with E-state index in [4.69, 9.17) is 11.2 Å². The number of nitrogens with one attached hydrogen (secondary N) is 2. The summed E-state index contributed by atoms with van der Waals surface area (Å²) in [5.41, 5.74) is -0.977. The number of aromatic nitrogens is 3. The molecule has 3 saturated heterocycles. The molecule has 3 aliphatic heterocycles. The van der Waals surface area contributed by atoms with Crippen LogP contribution in [0, 0.1) is 24.0 Å². The highest BCUT2D eigenvalue weighted by Crippen LogP contribution is 2.37. The van der Waals surface area contributed by atoms with E-state index >= 15 is 4.39 Å². The van der Waals surface area contributed by atoms with Gasteiger partial charge in [-0.1, -0.05) is 12.0 Å². The van der Waals surface area contributed by atoms with Crippen molar-refractivity contribution in [1.29, 1.82) is 0 Å². The van der Waals surface area contributed by atoms with Crippen molar-refractivity contribution in [3.8, 4) is 29.4 Å². The second-order valence-electron chi connectivity index (χ2n) is 8.24. The van der Waals surface area contributed by atoms with Gasteiger partial charge in [0.1, 0.15) is 23.1 Å². The molecule has 0 saturated carbocycles. The van der Waals surface area contributed by atoms with Crippen LogP contribution >= 0.6 is 0 Å². The van der Waals surface area contributed by atoms with E-state index in [1.165, 1.54) is 42.7 Å². The van der Waals surface area contributed by atoms with E-state index in [0.29, 0.717) is 18.5 Å². The van der Waals surface area contributed by atoms with Crippen molar-refractivity contribution >= 4 is 23.1 Å². The van der Waals surface area contributed by atoms with Gasteiger partial charge in [0.05, 0.1) is 5.56 Å². The van der Waals surface area contributed by atoms with Gasteiger partial charge >= 0.3 is 5.69 Å². The second kappa shape index (κ2) is 9.12. The maximum absolute atomic E-state index is 16.4. The fraction of sp³-hybridized carbons (Fsp3) is 0.200. The lowest BCUT2D eigenvalue weighted by Gasteiger charge is -2.48. The Labute approximate surface area is 198 Å². The third-order valence-corrected chi connectivity index (χ3v) is 6.07. The Kier molecular flexibility index (Phi) is 5.84. The van der Waals surface area contributed by atoms with Crippen molar-refractivity contribution in [2.24, 2.45) is 0 Å². The zero-order chi connectivity index (χ0) is 24.5. The van der Waals surface area contributed by atoms with E-state index in [1.54, 1.807) is 4.90 Å². The van der Waals surface area contributed by atoms with Crippen LogP contribution in [-0.4, -0.2) is 46.6 Å². The highest BCUT2D eigenvalue weighted by molar-refractivity contribution is 6.01. The minimum atomic E-state index is -0.863. The molecule has 2 N–H and O–H groups in total. The normalized spacial score (nSPS) is 18.3. The Hall–Kier alpha value is -4.36. The Morgan fingerprint density at radius 1 is 1.17 bits per heavy atom. The summed E-state index contributed by atoms with van der Waals surface area (Å²) in [5, 5.41) is 3.98. The summed E-state index contributed by atoms with van der Waals surface area (Å²) in [4.78, 5) is 35.6. The number of aromatic amines is 1. The van der Waals surface area contributed by atoms with E-state index in [-0.39, 0.29) is 52.3 Å². The van der Waals surface area contributed by atoms with Crippen LogP contribution in [0.2, 0.25) is 0 Å². The number of benzene rings is 2. The standard InChI is InChI=1S/C25H19F2N5O3/c1-2-18-20(26)5-4-14-8-17(35-13-33)10-19(21(14)18)23-22(27)24(31-25(34)29-7-3-6-28-23)32-11-15-9-16(12-32)30-15/h1,3-8,10,13,15-16,30H,9,11-12H2,(H,29,31,34). The minimum absolute atomic E-state index is 0.0872. The number of carbonyl (C=O) groups excluding carboxylic acids is 1. The minimum Gasteiger partial charge on any atom is -0.429 e. The molecule has 10 heteroatoms. The number of carbonyl (C=O) groups is 1. The first-order chi connectivity index (χ1) is 17.0. The molecule has 176 valence electrons. The molecule has 35 heavy (non-hydrogen) atoms. The van der Waals surface area contributed by atoms with Gasteiger partial charge in [-0.05, 0) is 36.1 Å². The highest BCUT2D eigenvalue weighted by atomic mass is 19.1. The average Bonchev–Trinajstić information content (AvgIpc) is 2.84. The van der Waals surface area contributed by atoms with Crippen LogP contribution in [0.1, 0.15) is 12.0 Å². The van der Waals surface area contributed by atoms with Crippen LogP contribution in [0.25, 0.3) is 22.0 Å². The molecule has 2 bridgehead atoms. The summed E-state index contributed by atoms with van der Waals surface area (Å²) in [5.74, 6) is 0.767. The van der Waals surface area contributed by atoms with E-state index in [9.17, 15) is 14.0 Å². The van der Waals surface area contributed by atoms with Crippen LogP contribution in [0.4, 0.5) is 14.6 Å². The molecular weight excluding hydrogens is 456 g/mol. The van der Waals surface area contributed by atoms with Gasteiger partial charge < -0.3 is 15.0 Å². The van der Waals surface area contributed by atoms with E-state index < -0.39 is 17.3 Å². The Balaban J connectivity index is 1.86. The number of fused-ring (bicyclic) bond motifs is 3. The molecule has 2 aromatic carbocycles. The zero-order valence-corrected chi connectivity index (χ0v) is 18.3. The quantitative estimate of drug-likeness (QED) is 0.442.